The summed E-state index contributed by atoms with van der Waals surface area (Å²) in [6.07, 6.45) is 9.78. The number of esters is 1. The highest BCUT2D eigenvalue weighted by Crippen LogP contribution is 2.30. The van der Waals surface area contributed by atoms with E-state index in [1.54, 1.807) is 30.3 Å². The Morgan fingerprint density at radius 2 is 1.54 bits per heavy atom. The second-order valence-corrected chi connectivity index (χ2v) is 9.22. The molecule has 1 aliphatic heterocycles. The minimum absolute atomic E-state index is 0.131. The van der Waals surface area contributed by atoms with Crippen LogP contribution in [0.15, 0.2) is 42.5 Å². The van der Waals surface area contributed by atoms with Gasteiger partial charge in [0.05, 0.1) is 25.4 Å². The van der Waals surface area contributed by atoms with Crippen molar-refractivity contribution in [2.24, 2.45) is 5.92 Å². The maximum atomic E-state index is 14.8. The van der Waals surface area contributed by atoms with Gasteiger partial charge in [-0.05, 0) is 49.2 Å². The van der Waals surface area contributed by atoms with Crippen LogP contribution in [0.2, 0.25) is 0 Å². The van der Waals surface area contributed by atoms with E-state index in [0.29, 0.717) is 37.1 Å². The lowest BCUT2D eigenvalue weighted by Gasteiger charge is -2.30. The number of hydrogen-bond donors (Lipinski definition) is 0. The third-order valence-electron chi connectivity index (χ3n) is 6.22. The fourth-order valence-electron chi connectivity index (χ4n) is 4.08. The zero-order valence-electron chi connectivity index (χ0n) is 21.1. The Bertz CT molecular complexity index is 890. The molecule has 1 heterocycles. The van der Waals surface area contributed by atoms with Gasteiger partial charge in [0, 0.05) is 11.5 Å². The lowest BCUT2D eigenvalue weighted by atomic mass is 10.0. The number of halogens is 1. The van der Waals surface area contributed by atoms with E-state index in [9.17, 15) is 9.18 Å². The normalized spacial score (nSPS) is 17.8. The van der Waals surface area contributed by atoms with E-state index in [1.165, 1.54) is 44.2 Å². The number of carbonyl (C=O) groups is 1. The Labute approximate surface area is 208 Å². The molecule has 1 aliphatic rings. The molecule has 0 radical (unpaired) electrons. The first kappa shape index (κ1) is 27.2. The first-order chi connectivity index (χ1) is 17.1. The van der Waals surface area contributed by atoms with Crippen molar-refractivity contribution in [3.8, 4) is 11.5 Å². The van der Waals surface area contributed by atoms with Gasteiger partial charge < -0.3 is 18.9 Å². The Balaban J connectivity index is 1.46. The van der Waals surface area contributed by atoms with Crippen LogP contribution in [-0.4, -0.2) is 25.8 Å². The molecule has 5 nitrogen and oxygen atoms in total. The van der Waals surface area contributed by atoms with Crippen molar-refractivity contribution in [1.82, 2.24) is 0 Å². The summed E-state index contributed by atoms with van der Waals surface area (Å²) in [5, 5.41) is 0. The van der Waals surface area contributed by atoms with E-state index in [2.05, 4.69) is 13.8 Å². The number of hydrogen-bond acceptors (Lipinski definition) is 5. The van der Waals surface area contributed by atoms with Crippen molar-refractivity contribution in [3.05, 3.63) is 59.4 Å². The van der Waals surface area contributed by atoms with Gasteiger partial charge in [-0.1, -0.05) is 64.9 Å². The molecule has 0 aliphatic carbocycles. The molecule has 0 aromatic heterocycles. The molecule has 2 aromatic rings. The van der Waals surface area contributed by atoms with Crippen LogP contribution in [0.1, 0.15) is 93.8 Å². The molecule has 2 aromatic carbocycles. The Morgan fingerprint density at radius 3 is 2.23 bits per heavy atom. The highest BCUT2D eigenvalue weighted by atomic mass is 19.1. The predicted octanol–water partition coefficient (Wildman–Crippen LogP) is 7.64. The monoisotopic (exact) mass is 486 g/mol. The molecule has 1 fully saturated rings. The van der Waals surface area contributed by atoms with Gasteiger partial charge in [-0.3, -0.25) is 0 Å². The van der Waals surface area contributed by atoms with Gasteiger partial charge in [-0.25, -0.2) is 9.18 Å². The first-order valence-corrected chi connectivity index (χ1v) is 13.1. The summed E-state index contributed by atoms with van der Waals surface area (Å²) in [6.45, 7) is 6.13. The predicted molar refractivity (Wildman–Crippen MR) is 134 cm³/mol. The molecule has 0 amide bonds. The Morgan fingerprint density at radius 1 is 0.886 bits per heavy atom. The van der Waals surface area contributed by atoms with Crippen LogP contribution >= 0.6 is 0 Å². The second-order valence-electron chi connectivity index (χ2n) is 9.22. The van der Waals surface area contributed by atoms with E-state index < -0.39 is 18.1 Å². The van der Waals surface area contributed by atoms with Crippen LogP contribution in [0.25, 0.3) is 0 Å². The molecule has 0 spiro atoms. The smallest absolute Gasteiger partial charge is 0.343 e. The van der Waals surface area contributed by atoms with Gasteiger partial charge in [0.15, 0.2) is 6.29 Å². The average molecular weight is 487 g/mol. The van der Waals surface area contributed by atoms with Crippen LogP contribution in [0.4, 0.5) is 4.39 Å². The summed E-state index contributed by atoms with van der Waals surface area (Å²) in [7, 11) is 0. The van der Waals surface area contributed by atoms with Gasteiger partial charge in [-0.15, -0.1) is 0 Å². The van der Waals surface area contributed by atoms with E-state index in [1.807, 2.05) is 0 Å². The number of unbranched alkanes of at least 4 members (excludes halogenated alkanes) is 6. The zero-order valence-corrected chi connectivity index (χ0v) is 21.1. The fraction of sp³-hybridized carbons (Fsp3) is 0.552. The summed E-state index contributed by atoms with van der Waals surface area (Å²) >= 11 is 0. The van der Waals surface area contributed by atoms with Crippen LogP contribution < -0.4 is 9.47 Å². The minimum Gasteiger partial charge on any atom is -0.494 e. The number of benzene rings is 2. The summed E-state index contributed by atoms with van der Waals surface area (Å²) in [4.78, 5) is 12.5. The van der Waals surface area contributed by atoms with Gasteiger partial charge in [0.25, 0.3) is 0 Å². The molecule has 35 heavy (non-hydrogen) atoms. The molecule has 1 saturated heterocycles. The highest BCUT2D eigenvalue weighted by Gasteiger charge is 2.26. The number of ether oxygens (including phenoxy) is 4. The summed E-state index contributed by atoms with van der Waals surface area (Å²) < 4.78 is 37.4. The Hall–Kier alpha value is -2.44. The highest BCUT2D eigenvalue weighted by molar-refractivity contribution is 5.91. The van der Waals surface area contributed by atoms with Crippen LogP contribution in [-0.2, 0) is 9.47 Å². The molecule has 0 N–H and O–H groups in total. The number of carbonyl (C=O) groups excluding carboxylic acids is 1. The van der Waals surface area contributed by atoms with Crippen molar-refractivity contribution in [2.75, 3.05) is 19.8 Å². The molecular weight excluding hydrogens is 447 g/mol. The molecule has 0 saturated carbocycles. The van der Waals surface area contributed by atoms with Crippen LogP contribution in [0, 0.1) is 11.7 Å². The standard InChI is InChI=1S/C29H39FO5/c1-3-5-7-8-9-11-22-20-33-29(34-21-22)26-17-12-23(19-27(26)30)28(31)35-25-15-13-24(14-16-25)32-18-10-6-4-2/h12-17,19,22,29H,3-11,18,20-21H2,1-2H3. The van der Waals surface area contributed by atoms with E-state index in [0.717, 1.165) is 31.4 Å². The van der Waals surface area contributed by atoms with Crippen molar-refractivity contribution < 1.29 is 28.1 Å². The maximum absolute atomic E-state index is 14.8. The van der Waals surface area contributed by atoms with Gasteiger partial charge in [-0.2, -0.15) is 0 Å². The van der Waals surface area contributed by atoms with Crippen molar-refractivity contribution in [2.45, 2.75) is 77.9 Å². The van der Waals surface area contributed by atoms with Gasteiger partial charge in [0.1, 0.15) is 17.3 Å². The van der Waals surface area contributed by atoms with E-state index in [4.69, 9.17) is 18.9 Å². The molecule has 192 valence electrons. The minimum atomic E-state index is -0.749. The third kappa shape index (κ3) is 8.93. The fourth-order valence-corrected chi connectivity index (χ4v) is 4.08. The summed E-state index contributed by atoms with van der Waals surface area (Å²) in [6, 6.07) is 11.1. The van der Waals surface area contributed by atoms with Crippen LogP contribution in [0.5, 0.6) is 11.5 Å². The first-order valence-electron chi connectivity index (χ1n) is 13.1. The van der Waals surface area contributed by atoms with Crippen molar-refractivity contribution >= 4 is 5.97 Å². The molecule has 0 atom stereocenters. The molecule has 0 bridgehead atoms. The van der Waals surface area contributed by atoms with Crippen molar-refractivity contribution in [3.63, 3.8) is 0 Å². The summed E-state index contributed by atoms with van der Waals surface area (Å²) in [5.41, 5.74) is 0.430. The maximum Gasteiger partial charge on any atom is 0.343 e. The van der Waals surface area contributed by atoms with E-state index in [-0.39, 0.29) is 5.56 Å². The second kappa shape index (κ2) is 14.8. The zero-order chi connectivity index (χ0) is 24.9. The van der Waals surface area contributed by atoms with Gasteiger partial charge >= 0.3 is 5.97 Å². The largest absolute Gasteiger partial charge is 0.494 e. The third-order valence-corrected chi connectivity index (χ3v) is 6.22. The molecule has 3 rings (SSSR count). The molecule has 6 heteroatoms. The topological polar surface area (TPSA) is 54.0 Å². The quantitative estimate of drug-likeness (QED) is 0.156. The van der Waals surface area contributed by atoms with Crippen molar-refractivity contribution in [1.29, 1.82) is 0 Å². The summed E-state index contributed by atoms with van der Waals surface area (Å²) in [5.74, 6) is 0.278. The van der Waals surface area contributed by atoms with Gasteiger partial charge in [0.2, 0.25) is 0 Å². The molecule has 0 unspecified atom stereocenters. The van der Waals surface area contributed by atoms with Crippen LogP contribution in [0.3, 0.4) is 0 Å². The number of rotatable bonds is 14. The molecular formula is C29H39FO5. The SMILES string of the molecule is CCCCCCCC1COC(c2ccc(C(=O)Oc3ccc(OCCCCC)cc3)cc2F)OC1. The van der Waals surface area contributed by atoms with E-state index >= 15 is 0 Å². The Kier molecular flexibility index (Phi) is 11.5. The lowest BCUT2D eigenvalue weighted by Crippen LogP contribution is -2.27. The lowest BCUT2D eigenvalue weighted by molar-refractivity contribution is -0.207. The average Bonchev–Trinajstić information content (AvgIpc) is 2.88.